The van der Waals surface area contributed by atoms with E-state index in [1.807, 2.05) is 48.1 Å². The van der Waals surface area contributed by atoms with Crippen molar-refractivity contribution in [2.75, 3.05) is 25.5 Å². The van der Waals surface area contributed by atoms with Crippen molar-refractivity contribution in [1.29, 1.82) is 0 Å². The number of aliphatic carboxylic acids is 1. The van der Waals surface area contributed by atoms with Gasteiger partial charge in [0, 0.05) is 40.7 Å². The molecule has 43 heavy (non-hydrogen) atoms. The van der Waals surface area contributed by atoms with E-state index in [4.69, 9.17) is 19.8 Å². The van der Waals surface area contributed by atoms with Gasteiger partial charge in [-0.1, -0.05) is 24.3 Å². The number of anilines is 1. The van der Waals surface area contributed by atoms with E-state index in [1.54, 1.807) is 30.6 Å². The van der Waals surface area contributed by atoms with Gasteiger partial charge in [-0.3, -0.25) is 13.4 Å². The first-order chi connectivity index (χ1) is 20.9. The summed E-state index contributed by atoms with van der Waals surface area (Å²) in [6, 6.07) is 16.5. The molecule has 1 unspecified atom stereocenters. The summed E-state index contributed by atoms with van der Waals surface area (Å²) in [5.41, 5.74) is 4.52. The number of carbonyl (C=O) groups is 1. The number of nitrogens with zero attached hydrogens (tertiary/aromatic N) is 4. The van der Waals surface area contributed by atoms with Gasteiger partial charge in [-0.05, 0) is 79.3 Å². The second-order valence-electron chi connectivity index (χ2n) is 9.80. The highest BCUT2D eigenvalue weighted by Crippen LogP contribution is 2.35. The van der Waals surface area contributed by atoms with Crippen LogP contribution in [-0.2, 0) is 22.3 Å². The summed E-state index contributed by atoms with van der Waals surface area (Å²) in [5.74, 6) is 0.610. The van der Waals surface area contributed by atoms with Crippen LogP contribution in [0.1, 0.15) is 24.8 Å². The largest absolute Gasteiger partial charge is 0.768 e. The van der Waals surface area contributed by atoms with Crippen LogP contribution in [0.4, 0.5) is 5.95 Å². The molecule has 4 heterocycles. The highest BCUT2D eigenvalue weighted by Gasteiger charge is 2.20. The molecule has 0 bridgehead atoms. The Hall–Kier alpha value is -4.17. The first-order valence-corrected chi connectivity index (χ1v) is 15.7. The molecule has 1 fully saturated rings. The van der Waals surface area contributed by atoms with Crippen LogP contribution in [0, 0.1) is 0 Å². The molecule has 3 aromatic heterocycles. The van der Waals surface area contributed by atoms with Crippen LogP contribution in [0.25, 0.3) is 27.6 Å². The average molecular weight is 620 g/mol. The van der Waals surface area contributed by atoms with Crippen LogP contribution in [0.15, 0.2) is 77.3 Å². The van der Waals surface area contributed by atoms with Gasteiger partial charge in [0.25, 0.3) is 0 Å². The van der Waals surface area contributed by atoms with Crippen molar-refractivity contribution in [3.63, 3.8) is 0 Å². The molecule has 1 aliphatic rings. The summed E-state index contributed by atoms with van der Waals surface area (Å²) in [5, 5.41) is 17.3. The quantitative estimate of drug-likeness (QED) is 0.199. The number of aryl methyl sites for hydroxylation is 1. The van der Waals surface area contributed by atoms with Gasteiger partial charge >= 0.3 is 5.97 Å². The number of hydrogen-bond acceptors (Lipinski definition) is 10. The van der Waals surface area contributed by atoms with Crippen molar-refractivity contribution in [2.45, 2.75) is 36.6 Å². The lowest BCUT2D eigenvalue weighted by Crippen LogP contribution is -2.35. The third-order valence-electron chi connectivity index (χ3n) is 6.92. The standard InChI is InChI=1S/C21H22N6OS.C9H10O4S/c1-28-16-4-2-3-14(13-16)18-19(27-11-12-29-21(27)26-18)17-7-10-23-20(25-17)24-15-5-8-22-9-6-15;10-9(11)6-3-7-1-4-8(5-2-7)14(12)13/h2-4,7,10-13,15,22H,5-6,8-9H2,1H3,(H,23,24,25);1-2,4-5H,3,6H2,(H,10,11)(H,12,13)/p-1. The van der Waals surface area contributed by atoms with E-state index in [2.05, 4.69) is 20.0 Å². The Balaban J connectivity index is 0.000000222. The lowest BCUT2D eigenvalue weighted by Gasteiger charge is -2.23. The molecule has 0 spiro atoms. The maximum atomic E-state index is 10.5. The van der Waals surface area contributed by atoms with Gasteiger partial charge in [0.15, 0.2) is 4.96 Å². The predicted molar refractivity (Wildman–Crippen MR) is 165 cm³/mol. The van der Waals surface area contributed by atoms with Gasteiger partial charge in [0.1, 0.15) is 11.4 Å². The number of hydrogen-bond donors (Lipinski definition) is 3. The number of methoxy groups -OCH3 is 1. The lowest BCUT2D eigenvalue weighted by atomic mass is 10.1. The molecule has 3 N–H and O–H groups in total. The van der Waals surface area contributed by atoms with Crippen molar-refractivity contribution < 1.29 is 23.4 Å². The number of carboxylic acids is 1. The zero-order valence-corrected chi connectivity index (χ0v) is 25.1. The second-order valence-corrected chi connectivity index (χ2v) is 11.6. The third kappa shape index (κ3) is 7.82. The van der Waals surface area contributed by atoms with Crippen LogP contribution in [0.3, 0.4) is 0 Å². The minimum Gasteiger partial charge on any atom is -0.768 e. The van der Waals surface area contributed by atoms with E-state index >= 15 is 0 Å². The fraction of sp³-hybridized carbons (Fsp3) is 0.267. The normalized spacial score (nSPS) is 14.1. The number of imidazole rings is 1. The fourth-order valence-corrected chi connectivity index (χ4v) is 5.80. The number of nitrogens with one attached hydrogen (secondary N) is 2. The summed E-state index contributed by atoms with van der Waals surface area (Å²) in [6.45, 7) is 2.05. The highest BCUT2D eigenvalue weighted by molar-refractivity contribution is 7.79. The zero-order valence-electron chi connectivity index (χ0n) is 23.4. The summed E-state index contributed by atoms with van der Waals surface area (Å²) < 4.78 is 28.5. The molecule has 5 aromatic rings. The molecule has 11 nitrogen and oxygen atoms in total. The van der Waals surface area contributed by atoms with Gasteiger partial charge in [0.2, 0.25) is 5.95 Å². The van der Waals surface area contributed by atoms with Crippen LogP contribution >= 0.6 is 11.3 Å². The summed E-state index contributed by atoms with van der Waals surface area (Å²) in [6.07, 6.45) is 6.47. The SMILES string of the molecule is COc1cccc(-c2nc3sccn3c2-c2ccnc(NC3CCNCC3)n2)c1.O=C(O)CCc1ccc(S(=O)[O-])cc1. The van der Waals surface area contributed by atoms with E-state index in [0.717, 1.165) is 64.9 Å². The molecule has 1 saturated heterocycles. The Morgan fingerprint density at radius 2 is 1.98 bits per heavy atom. The molecular weight excluding hydrogens is 589 g/mol. The lowest BCUT2D eigenvalue weighted by molar-refractivity contribution is -0.136. The summed E-state index contributed by atoms with van der Waals surface area (Å²) in [4.78, 5) is 25.6. The van der Waals surface area contributed by atoms with E-state index in [9.17, 15) is 13.6 Å². The summed E-state index contributed by atoms with van der Waals surface area (Å²) in [7, 11) is 1.68. The smallest absolute Gasteiger partial charge is 0.303 e. The number of carboxylic acid groups (broad SMARTS) is 1. The van der Waals surface area contributed by atoms with Crippen molar-refractivity contribution in [3.8, 4) is 28.4 Å². The molecular formula is C30H31N6O5S2-. The maximum Gasteiger partial charge on any atom is 0.303 e. The minimum atomic E-state index is -2.22. The van der Waals surface area contributed by atoms with Crippen molar-refractivity contribution >= 4 is 39.3 Å². The van der Waals surface area contributed by atoms with E-state index < -0.39 is 17.0 Å². The van der Waals surface area contributed by atoms with Crippen molar-refractivity contribution in [1.82, 2.24) is 24.7 Å². The number of benzene rings is 2. The number of ether oxygens (including phenoxy) is 1. The van der Waals surface area contributed by atoms with Gasteiger partial charge in [-0.2, -0.15) is 0 Å². The Morgan fingerprint density at radius 1 is 1.19 bits per heavy atom. The second kappa shape index (κ2) is 14.3. The van der Waals surface area contributed by atoms with E-state index in [0.29, 0.717) is 18.4 Å². The maximum absolute atomic E-state index is 10.5. The number of rotatable bonds is 9. The first kappa shape index (κ1) is 30.3. The number of thiazole rings is 1. The molecule has 2 aromatic carbocycles. The molecule has 0 saturated carbocycles. The van der Waals surface area contributed by atoms with Gasteiger partial charge in [-0.25, -0.2) is 15.0 Å². The van der Waals surface area contributed by atoms with Crippen molar-refractivity contribution in [3.05, 3.63) is 77.9 Å². The average Bonchev–Trinajstić information content (AvgIpc) is 3.63. The first-order valence-electron chi connectivity index (χ1n) is 13.7. The Kier molecular flexibility index (Phi) is 10.1. The van der Waals surface area contributed by atoms with Gasteiger partial charge in [-0.15, -0.1) is 11.3 Å². The third-order valence-corrected chi connectivity index (χ3v) is 8.33. The number of aromatic nitrogens is 4. The van der Waals surface area contributed by atoms with Crippen LogP contribution in [0.5, 0.6) is 5.75 Å². The minimum absolute atomic E-state index is 0.0554. The molecule has 1 atom stereocenters. The highest BCUT2D eigenvalue weighted by atomic mass is 32.2. The van der Waals surface area contributed by atoms with Gasteiger partial charge in [0.05, 0.1) is 18.5 Å². The fourth-order valence-electron chi connectivity index (χ4n) is 4.73. The monoisotopic (exact) mass is 619 g/mol. The van der Waals surface area contributed by atoms with E-state index in [-0.39, 0.29) is 11.3 Å². The molecule has 6 rings (SSSR count). The topological polar surface area (TPSA) is 154 Å². The number of piperidine rings is 1. The molecule has 1 aliphatic heterocycles. The van der Waals surface area contributed by atoms with Crippen LogP contribution in [0.2, 0.25) is 0 Å². The molecule has 0 aliphatic carbocycles. The predicted octanol–water partition coefficient (Wildman–Crippen LogP) is 4.63. The zero-order chi connectivity index (χ0) is 30.2. The molecule has 224 valence electrons. The number of fused-ring (bicyclic) bond motifs is 1. The van der Waals surface area contributed by atoms with Crippen LogP contribution in [-0.4, -0.2) is 65.4 Å². The molecule has 0 radical (unpaired) electrons. The van der Waals surface area contributed by atoms with Crippen molar-refractivity contribution in [2.24, 2.45) is 0 Å². The Morgan fingerprint density at radius 3 is 2.70 bits per heavy atom. The Bertz CT molecular complexity index is 1700. The van der Waals surface area contributed by atoms with E-state index in [1.165, 1.54) is 12.1 Å². The Labute approximate surface area is 255 Å². The summed E-state index contributed by atoms with van der Waals surface area (Å²) >= 11 is -0.607. The molecule has 13 heteroatoms. The van der Waals surface area contributed by atoms with Crippen LogP contribution < -0.4 is 15.4 Å². The van der Waals surface area contributed by atoms with Gasteiger partial charge < -0.3 is 25.0 Å². The molecule has 0 amide bonds.